The molecule has 3 rings (SSSR count). The van der Waals surface area contributed by atoms with E-state index < -0.39 is 0 Å². The second kappa shape index (κ2) is 8.29. The van der Waals surface area contributed by atoms with Gasteiger partial charge in [-0.1, -0.05) is 47.8 Å². The maximum Gasteiger partial charge on any atom is 0.233 e. The monoisotopic (exact) mass is 399 g/mol. The fraction of sp³-hybridized carbons (Fsp3) is 0.438. The Kier molecular flexibility index (Phi) is 6.09. The predicted molar refractivity (Wildman–Crippen MR) is 101 cm³/mol. The van der Waals surface area contributed by atoms with Crippen molar-refractivity contribution in [3.63, 3.8) is 0 Å². The number of hydrogen-bond donors (Lipinski definition) is 1. The highest BCUT2D eigenvalue weighted by Gasteiger charge is 2.19. The van der Waals surface area contributed by atoms with Crippen LogP contribution in [0.15, 0.2) is 23.4 Å². The molecule has 1 aliphatic rings. The quantitative estimate of drug-likeness (QED) is 0.628. The Balaban J connectivity index is 1.69. The van der Waals surface area contributed by atoms with Crippen molar-refractivity contribution < 1.29 is 4.79 Å². The Labute approximate surface area is 160 Å². The van der Waals surface area contributed by atoms with E-state index in [1.165, 1.54) is 29.3 Å². The van der Waals surface area contributed by atoms with Crippen LogP contribution in [0.1, 0.15) is 25.7 Å². The minimum atomic E-state index is 0.109. The number of nitrogens with two attached hydrogens (primary N) is 1. The first-order valence-corrected chi connectivity index (χ1v) is 9.87. The Morgan fingerprint density at radius 2 is 1.88 bits per heavy atom. The lowest BCUT2D eigenvalue weighted by molar-refractivity contribution is -0.128. The molecule has 0 unspecified atom stereocenters. The number of aromatic nitrogens is 3. The molecule has 1 fully saturated rings. The van der Waals surface area contributed by atoms with Crippen molar-refractivity contribution in [2.75, 3.05) is 24.7 Å². The summed E-state index contributed by atoms with van der Waals surface area (Å²) in [6.07, 6.45) is 4.53. The van der Waals surface area contributed by atoms with Gasteiger partial charge in [0.05, 0.1) is 10.8 Å². The summed E-state index contributed by atoms with van der Waals surface area (Å²) in [5, 5.41) is 9.66. The molecule has 0 spiro atoms. The standard InChI is InChI=1S/C16H19Cl2N5OS/c17-11-5-6-13(18)12(9-11)15-20-21-16(23(15)19)25-10-14(24)22-7-3-1-2-4-8-22/h5-6,9H,1-4,7-8,10,19H2. The zero-order valence-corrected chi connectivity index (χ0v) is 15.9. The number of carbonyl (C=O) groups is 1. The second-order valence-corrected chi connectivity index (χ2v) is 7.67. The molecular formula is C16H19Cl2N5OS. The maximum absolute atomic E-state index is 12.4. The zero-order chi connectivity index (χ0) is 17.8. The van der Waals surface area contributed by atoms with Crippen LogP contribution < -0.4 is 5.84 Å². The van der Waals surface area contributed by atoms with Crippen LogP contribution >= 0.6 is 35.0 Å². The van der Waals surface area contributed by atoms with Gasteiger partial charge in [0.15, 0.2) is 5.82 Å². The fourth-order valence-electron chi connectivity index (χ4n) is 2.77. The van der Waals surface area contributed by atoms with Gasteiger partial charge in [-0.3, -0.25) is 4.79 Å². The Bertz CT molecular complexity index is 759. The highest BCUT2D eigenvalue weighted by molar-refractivity contribution is 7.99. The van der Waals surface area contributed by atoms with E-state index in [0.29, 0.717) is 32.3 Å². The molecule has 0 radical (unpaired) electrons. The van der Waals surface area contributed by atoms with Crippen molar-refractivity contribution in [3.05, 3.63) is 28.2 Å². The van der Waals surface area contributed by atoms with Crippen molar-refractivity contribution in [1.82, 2.24) is 19.8 Å². The van der Waals surface area contributed by atoms with E-state index in [0.717, 1.165) is 25.9 Å². The number of halogens is 2. The third-order valence-electron chi connectivity index (χ3n) is 4.12. The van der Waals surface area contributed by atoms with Crippen molar-refractivity contribution in [3.8, 4) is 11.4 Å². The van der Waals surface area contributed by atoms with E-state index >= 15 is 0 Å². The van der Waals surface area contributed by atoms with Gasteiger partial charge in [0.25, 0.3) is 0 Å². The molecule has 2 aromatic rings. The summed E-state index contributed by atoms with van der Waals surface area (Å²) in [4.78, 5) is 14.3. The minimum Gasteiger partial charge on any atom is -0.342 e. The topological polar surface area (TPSA) is 77.0 Å². The van der Waals surface area contributed by atoms with Crippen LogP contribution in [0.2, 0.25) is 10.0 Å². The van der Waals surface area contributed by atoms with Crippen LogP contribution in [0.4, 0.5) is 0 Å². The van der Waals surface area contributed by atoms with Gasteiger partial charge in [-0.2, -0.15) is 0 Å². The molecule has 2 heterocycles. The van der Waals surface area contributed by atoms with Crippen LogP contribution in [-0.2, 0) is 4.79 Å². The molecule has 25 heavy (non-hydrogen) atoms. The number of carbonyl (C=O) groups excluding carboxylic acids is 1. The lowest BCUT2D eigenvalue weighted by Gasteiger charge is -2.19. The molecule has 0 aliphatic carbocycles. The molecule has 1 saturated heterocycles. The van der Waals surface area contributed by atoms with Gasteiger partial charge >= 0.3 is 0 Å². The van der Waals surface area contributed by atoms with E-state index in [2.05, 4.69) is 10.2 Å². The summed E-state index contributed by atoms with van der Waals surface area (Å²) in [5.41, 5.74) is 0.606. The molecule has 0 saturated carbocycles. The number of nitrogens with zero attached hydrogens (tertiary/aromatic N) is 4. The number of rotatable bonds is 4. The van der Waals surface area contributed by atoms with Gasteiger partial charge in [0, 0.05) is 23.7 Å². The summed E-state index contributed by atoms with van der Waals surface area (Å²) in [6, 6.07) is 5.07. The average Bonchev–Trinajstić information content (AvgIpc) is 2.80. The summed E-state index contributed by atoms with van der Waals surface area (Å²) in [7, 11) is 0. The first-order chi connectivity index (χ1) is 12.1. The molecule has 2 N–H and O–H groups in total. The molecular weight excluding hydrogens is 381 g/mol. The number of likely N-dealkylation sites (tertiary alicyclic amines) is 1. The molecule has 0 bridgehead atoms. The number of thioether (sulfide) groups is 1. The minimum absolute atomic E-state index is 0.109. The van der Waals surface area contributed by atoms with Crippen LogP contribution in [0.5, 0.6) is 0 Å². The molecule has 134 valence electrons. The van der Waals surface area contributed by atoms with Gasteiger partial charge in [-0.25, -0.2) is 4.68 Å². The van der Waals surface area contributed by atoms with Crippen LogP contribution in [0.3, 0.4) is 0 Å². The van der Waals surface area contributed by atoms with Crippen molar-refractivity contribution in [2.45, 2.75) is 30.8 Å². The van der Waals surface area contributed by atoms with Crippen LogP contribution in [-0.4, -0.2) is 44.5 Å². The summed E-state index contributed by atoms with van der Waals surface area (Å²) in [5.74, 6) is 6.90. The first kappa shape index (κ1) is 18.4. The van der Waals surface area contributed by atoms with E-state index in [-0.39, 0.29) is 5.91 Å². The number of hydrogen-bond acceptors (Lipinski definition) is 5. The Morgan fingerprint density at radius 1 is 1.16 bits per heavy atom. The second-order valence-electron chi connectivity index (χ2n) is 5.88. The van der Waals surface area contributed by atoms with Crippen molar-refractivity contribution in [1.29, 1.82) is 0 Å². The molecule has 9 heteroatoms. The highest BCUT2D eigenvalue weighted by Crippen LogP contribution is 2.30. The smallest absolute Gasteiger partial charge is 0.233 e. The molecule has 0 atom stereocenters. The average molecular weight is 400 g/mol. The SMILES string of the molecule is Nn1c(SCC(=O)N2CCCCCC2)nnc1-c1cc(Cl)ccc1Cl. The highest BCUT2D eigenvalue weighted by atomic mass is 35.5. The van der Waals surface area contributed by atoms with E-state index in [9.17, 15) is 4.79 Å². The molecule has 1 amide bonds. The molecule has 1 aliphatic heterocycles. The van der Waals surface area contributed by atoms with E-state index in [4.69, 9.17) is 29.0 Å². The van der Waals surface area contributed by atoms with Gasteiger partial charge < -0.3 is 10.7 Å². The van der Waals surface area contributed by atoms with Gasteiger partial charge in [-0.05, 0) is 31.0 Å². The largest absolute Gasteiger partial charge is 0.342 e. The third kappa shape index (κ3) is 4.40. The van der Waals surface area contributed by atoms with Crippen LogP contribution in [0, 0.1) is 0 Å². The van der Waals surface area contributed by atoms with Gasteiger partial charge in [-0.15, -0.1) is 10.2 Å². The molecule has 6 nitrogen and oxygen atoms in total. The van der Waals surface area contributed by atoms with Crippen molar-refractivity contribution in [2.24, 2.45) is 0 Å². The third-order valence-corrected chi connectivity index (χ3v) is 5.61. The summed E-state index contributed by atoms with van der Waals surface area (Å²) in [6.45, 7) is 1.66. The van der Waals surface area contributed by atoms with Crippen molar-refractivity contribution >= 4 is 40.9 Å². The Hall–Kier alpha value is -1.44. The lowest BCUT2D eigenvalue weighted by Crippen LogP contribution is -2.33. The van der Waals surface area contributed by atoms with Gasteiger partial charge in [0.1, 0.15) is 0 Å². The normalized spacial score (nSPS) is 15.2. The van der Waals surface area contributed by atoms with E-state index in [1.807, 2.05) is 4.90 Å². The van der Waals surface area contributed by atoms with Gasteiger partial charge in [0.2, 0.25) is 11.1 Å². The number of benzene rings is 1. The van der Waals surface area contributed by atoms with E-state index in [1.54, 1.807) is 18.2 Å². The number of nitrogen functional groups attached to an aromatic ring is 1. The maximum atomic E-state index is 12.4. The Morgan fingerprint density at radius 3 is 2.60 bits per heavy atom. The first-order valence-electron chi connectivity index (χ1n) is 8.13. The zero-order valence-electron chi connectivity index (χ0n) is 13.6. The lowest BCUT2D eigenvalue weighted by atomic mass is 10.2. The summed E-state index contributed by atoms with van der Waals surface area (Å²) < 4.78 is 1.35. The summed E-state index contributed by atoms with van der Waals surface area (Å²) >= 11 is 13.5. The molecule has 1 aromatic carbocycles. The fourth-order valence-corrected chi connectivity index (χ4v) is 3.90. The van der Waals surface area contributed by atoms with Crippen LogP contribution in [0.25, 0.3) is 11.4 Å². The number of amides is 1. The molecule has 1 aromatic heterocycles. The predicted octanol–water partition coefficient (Wildman–Crippen LogP) is 3.46.